The minimum atomic E-state index is 0.0700. The van der Waals surface area contributed by atoms with Crippen LogP contribution in [0.3, 0.4) is 0 Å². The molecule has 126 valence electrons. The van der Waals surface area contributed by atoms with E-state index in [4.69, 9.17) is 9.47 Å². The summed E-state index contributed by atoms with van der Waals surface area (Å²) < 4.78 is 10.5. The number of amides is 2. The monoisotopic (exact) mass is 320 g/mol. The summed E-state index contributed by atoms with van der Waals surface area (Å²) >= 11 is 0. The maximum absolute atomic E-state index is 12.3. The molecule has 1 aromatic rings. The Bertz CT molecular complexity index is 543. The molecule has 0 aromatic heterocycles. The quantitative estimate of drug-likeness (QED) is 0.821. The molecule has 0 radical (unpaired) electrons. The first-order chi connectivity index (χ1) is 11.0. The second-order valence-electron chi connectivity index (χ2n) is 5.61. The molecular formula is C17H24N2O4. The van der Waals surface area contributed by atoms with Gasteiger partial charge in [0.1, 0.15) is 11.5 Å². The molecule has 0 aliphatic carbocycles. The Morgan fingerprint density at radius 2 is 1.48 bits per heavy atom. The van der Waals surface area contributed by atoms with Gasteiger partial charge in [-0.15, -0.1) is 0 Å². The molecule has 0 bridgehead atoms. The molecule has 0 unspecified atom stereocenters. The third-order valence-electron chi connectivity index (χ3n) is 4.12. The van der Waals surface area contributed by atoms with Gasteiger partial charge in [-0.25, -0.2) is 0 Å². The summed E-state index contributed by atoms with van der Waals surface area (Å²) in [6.45, 7) is 4.02. The van der Waals surface area contributed by atoms with Crippen LogP contribution in [0, 0.1) is 0 Å². The molecule has 1 fully saturated rings. The largest absolute Gasteiger partial charge is 0.497 e. The number of ether oxygens (including phenoxy) is 2. The van der Waals surface area contributed by atoms with Gasteiger partial charge in [0.25, 0.3) is 0 Å². The lowest BCUT2D eigenvalue weighted by Crippen LogP contribution is -2.50. The summed E-state index contributed by atoms with van der Waals surface area (Å²) in [5.41, 5.74) is 1.01. The molecule has 6 heteroatoms. The SMILES string of the molecule is COc1cc(CCC(=O)N2CCN(C(C)=O)CC2)cc(OC)c1. The number of carbonyl (C=O) groups excluding carboxylic acids is 2. The number of carbonyl (C=O) groups is 2. The maximum atomic E-state index is 12.3. The normalized spacial score (nSPS) is 14.6. The molecular weight excluding hydrogens is 296 g/mol. The summed E-state index contributed by atoms with van der Waals surface area (Å²) in [6, 6.07) is 5.65. The number of hydrogen-bond acceptors (Lipinski definition) is 4. The second-order valence-corrected chi connectivity index (χ2v) is 5.61. The van der Waals surface area contributed by atoms with Crippen molar-refractivity contribution in [2.24, 2.45) is 0 Å². The van der Waals surface area contributed by atoms with Gasteiger partial charge in [0.15, 0.2) is 0 Å². The van der Waals surface area contributed by atoms with Gasteiger partial charge in [0, 0.05) is 45.6 Å². The lowest BCUT2D eigenvalue weighted by Gasteiger charge is -2.34. The minimum Gasteiger partial charge on any atom is -0.497 e. The van der Waals surface area contributed by atoms with Crippen LogP contribution < -0.4 is 9.47 Å². The lowest BCUT2D eigenvalue weighted by atomic mass is 10.1. The van der Waals surface area contributed by atoms with Crippen molar-refractivity contribution >= 4 is 11.8 Å². The fourth-order valence-electron chi connectivity index (χ4n) is 2.69. The van der Waals surface area contributed by atoms with Crippen LogP contribution in [0.2, 0.25) is 0 Å². The van der Waals surface area contributed by atoms with Crippen LogP contribution in [-0.2, 0) is 16.0 Å². The summed E-state index contributed by atoms with van der Waals surface area (Å²) in [5, 5.41) is 0. The summed E-state index contributed by atoms with van der Waals surface area (Å²) in [4.78, 5) is 27.2. The lowest BCUT2D eigenvalue weighted by molar-refractivity contribution is -0.138. The van der Waals surface area contributed by atoms with Gasteiger partial charge in [-0.2, -0.15) is 0 Å². The van der Waals surface area contributed by atoms with Crippen LogP contribution in [-0.4, -0.2) is 62.0 Å². The first-order valence-corrected chi connectivity index (χ1v) is 7.78. The average Bonchev–Trinajstić information content (AvgIpc) is 2.59. The molecule has 0 saturated carbocycles. The van der Waals surface area contributed by atoms with Gasteiger partial charge < -0.3 is 19.3 Å². The molecule has 1 heterocycles. The van der Waals surface area contributed by atoms with E-state index in [1.165, 1.54) is 0 Å². The Balaban J connectivity index is 1.88. The van der Waals surface area contributed by atoms with Crippen LogP contribution in [0.4, 0.5) is 0 Å². The van der Waals surface area contributed by atoms with Crippen molar-refractivity contribution in [1.82, 2.24) is 9.80 Å². The molecule has 0 spiro atoms. The maximum Gasteiger partial charge on any atom is 0.223 e. The fraction of sp³-hybridized carbons (Fsp3) is 0.529. The van der Waals surface area contributed by atoms with Crippen LogP contribution in [0.15, 0.2) is 18.2 Å². The van der Waals surface area contributed by atoms with E-state index >= 15 is 0 Å². The topological polar surface area (TPSA) is 59.1 Å². The van der Waals surface area contributed by atoms with E-state index in [1.807, 2.05) is 23.1 Å². The molecule has 0 atom stereocenters. The average molecular weight is 320 g/mol. The zero-order valence-corrected chi connectivity index (χ0v) is 14.0. The van der Waals surface area contributed by atoms with E-state index in [0.29, 0.717) is 39.0 Å². The van der Waals surface area contributed by atoms with Crippen LogP contribution in [0.5, 0.6) is 11.5 Å². The second kappa shape index (κ2) is 7.85. The van der Waals surface area contributed by atoms with E-state index in [9.17, 15) is 9.59 Å². The Hall–Kier alpha value is -2.24. The number of nitrogens with zero attached hydrogens (tertiary/aromatic N) is 2. The number of aryl methyl sites for hydroxylation is 1. The minimum absolute atomic E-state index is 0.0700. The van der Waals surface area contributed by atoms with Crippen molar-refractivity contribution in [2.45, 2.75) is 19.8 Å². The molecule has 1 aromatic carbocycles. The molecule has 0 N–H and O–H groups in total. The summed E-state index contributed by atoms with van der Waals surface area (Å²) in [7, 11) is 3.22. The van der Waals surface area contributed by atoms with Gasteiger partial charge in [0.05, 0.1) is 14.2 Å². The first kappa shape index (κ1) is 17.1. The number of benzene rings is 1. The Kier molecular flexibility index (Phi) is 5.84. The molecule has 1 aliphatic heterocycles. The van der Waals surface area contributed by atoms with Crippen molar-refractivity contribution in [1.29, 1.82) is 0 Å². The Labute approximate surface area is 137 Å². The third kappa shape index (κ3) is 4.61. The number of piperazine rings is 1. The van der Waals surface area contributed by atoms with E-state index in [1.54, 1.807) is 26.0 Å². The summed E-state index contributed by atoms with van der Waals surface area (Å²) in [5.74, 6) is 1.64. The predicted octanol–water partition coefficient (Wildman–Crippen LogP) is 1.33. The van der Waals surface area contributed by atoms with Crippen molar-refractivity contribution in [3.05, 3.63) is 23.8 Å². The van der Waals surface area contributed by atoms with E-state index in [0.717, 1.165) is 17.1 Å². The van der Waals surface area contributed by atoms with Crippen LogP contribution >= 0.6 is 0 Å². The summed E-state index contributed by atoms with van der Waals surface area (Å²) in [6.07, 6.45) is 1.08. The fourth-order valence-corrected chi connectivity index (χ4v) is 2.69. The van der Waals surface area contributed by atoms with E-state index in [-0.39, 0.29) is 11.8 Å². The molecule has 1 aliphatic rings. The smallest absolute Gasteiger partial charge is 0.223 e. The zero-order valence-electron chi connectivity index (χ0n) is 14.0. The van der Waals surface area contributed by atoms with Gasteiger partial charge in [-0.3, -0.25) is 9.59 Å². The van der Waals surface area contributed by atoms with Crippen LogP contribution in [0.1, 0.15) is 18.9 Å². The van der Waals surface area contributed by atoms with Gasteiger partial charge >= 0.3 is 0 Å². The standard InChI is InChI=1S/C17H24N2O4/c1-13(20)18-6-8-19(9-7-18)17(21)5-4-14-10-15(22-2)12-16(11-14)23-3/h10-12H,4-9H2,1-3H3. The Morgan fingerprint density at radius 1 is 0.957 bits per heavy atom. The predicted molar refractivity (Wildman–Crippen MR) is 86.7 cm³/mol. The zero-order chi connectivity index (χ0) is 16.8. The Morgan fingerprint density at radius 3 is 1.96 bits per heavy atom. The van der Waals surface area contributed by atoms with Gasteiger partial charge in [0.2, 0.25) is 11.8 Å². The van der Waals surface area contributed by atoms with Crippen molar-refractivity contribution in [2.75, 3.05) is 40.4 Å². The number of hydrogen-bond donors (Lipinski definition) is 0. The van der Waals surface area contributed by atoms with Crippen molar-refractivity contribution in [3.8, 4) is 11.5 Å². The number of rotatable bonds is 5. The van der Waals surface area contributed by atoms with Gasteiger partial charge in [-0.1, -0.05) is 0 Å². The molecule has 6 nitrogen and oxygen atoms in total. The van der Waals surface area contributed by atoms with Crippen molar-refractivity contribution < 1.29 is 19.1 Å². The van der Waals surface area contributed by atoms with Crippen molar-refractivity contribution in [3.63, 3.8) is 0 Å². The highest BCUT2D eigenvalue weighted by atomic mass is 16.5. The molecule has 2 rings (SSSR count). The first-order valence-electron chi connectivity index (χ1n) is 7.78. The van der Waals surface area contributed by atoms with E-state index in [2.05, 4.69) is 0 Å². The highest BCUT2D eigenvalue weighted by Crippen LogP contribution is 2.23. The molecule has 23 heavy (non-hydrogen) atoms. The number of methoxy groups -OCH3 is 2. The highest BCUT2D eigenvalue weighted by Gasteiger charge is 2.22. The van der Waals surface area contributed by atoms with E-state index < -0.39 is 0 Å². The molecule has 2 amide bonds. The third-order valence-corrected chi connectivity index (χ3v) is 4.12. The highest BCUT2D eigenvalue weighted by molar-refractivity contribution is 5.77. The van der Waals surface area contributed by atoms with Gasteiger partial charge in [-0.05, 0) is 24.1 Å². The molecule has 1 saturated heterocycles. The van der Waals surface area contributed by atoms with Crippen LogP contribution in [0.25, 0.3) is 0 Å².